The zero-order chi connectivity index (χ0) is 13.0. The van der Waals surface area contributed by atoms with Crippen molar-refractivity contribution in [1.29, 1.82) is 0 Å². The highest BCUT2D eigenvalue weighted by Gasteiger charge is 2.20. The van der Waals surface area contributed by atoms with Crippen molar-refractivity contribution in [3.63, 3.8) is 0 Å². The highest BCUT2D eigenvalue weighted by Crippen LogP contribution is 2.25. The molecule has 0 aliphatic rings. The second kappa shape index (κ2) is 5.30. The Morgan fingerprint density at radius 1 is 1.35 bits per heavy atom. The first-order valence-electron chi connectivity index (χ1n) is 4.28. The van der Waals surface area contributed by atoms with Crippen LogP contribution in [0.1, 0.15) is 10.4 Å². The molecule has 0 spiro atoms. The van der Waals surface area contributed by atoms with Crippen molar-refractivity contribution >= 4 is 29.4 Å². The van der Waals surface area contributed by atoms with E-state index in [1.54, 1.807) is 0 Å². The Morgan fingerprint density at radius 2 is 2.00 bits per heavy atom. The van der Waals surface area contributed by atoms with Crippen LogP contribution in [0, 0.1) is 10.1 Å². The molecule has 2 N–H and O–H groups in total. The summed E-state index contributed by atoms with van der Waals surface area (Å²) in [4.78, 5) is 31.2. The third kappa shape index (κ3) is 3.45. The van der Waals surface area contributed by atoms with Gasteiger partial charge in [0.15, 0.2) is 0 Å². The van der Waals surface area contributed by atoms with E-state index in [0.29, 0.717) is 4.90 Å². The summed E-state index contributed by atoms with van der Waals surface area (Å²) in [5.41, 5.74) is -0.970. The lowest BCUT2D eigenvalue weighted by atomic mass is 10.2. The monoisotopic (exact) mass is 257 g/mol. The van der Waals surface area contributed by atoms with Gasteiger partial charge in [-0.2, -0.15) is 0 Å². The molecular formula is C9H7NO6S. The van der Waals surface area contributed by atoms with Gasteiger partial charge in [-0.1, -0.05) is 0 Å². The molecule has 90 valence electrons. The van der Waals surface area contributed by atoms with Crippen LogP contribution < -0.4 is 0 Å². The molecule has 0 bridgehead atoms. The number of benzene rings is 1. The van der Waals surface area contributed by atoms with E-state index < -0.39 is 28.1 Å². The first-order valence-corrected chi connectivity index (χ1v) is 5.26. The van der Waals surface area contributed by atoms with Gasteiger partial charge in [0.25, 0.3) is 5.69 Å². The Morgan fingerprint density at radius 3 is 2.47 bits per heavy atom. The van der Waals surface area contributed by atoms with Crippen LogP contribution in [0.4, 0.5) is 5.69 Å². The van der Waals surface area contributed by atoms with Crippen molar-refractivity contribution in [2.75, 3.05) is 5.75 Å². The molecule has 1 aromatic rings. The topological polar surface area (TPSA) is 118 Å². The molecule has 8 heteroatoms. The number of aliphatic carboxylic acids is 1. The highest BCUT2D eigenvalue weighted by molar-refractivity contribution is 8.00. The molecule has 0 aliphatic heterocycles. The lowest BCUT2D eigenvalue weighted by molar-refractivity contribution is -0.385. The Kier molecular flexibility index (Phi) is 4.05. The lowest BCUT2D eigenvalue weighted by Gasteiger charge is -2.01. The predicted molar refractivity (Wildman–Crippen MR) is 58.4 cm³/mol. The minimum Gasteiger partial charge on any atom is -0.481 e. The number of hydrogen-bond donors (Lipinski definition) is 2. The molecule has 17 heavy (non-hydrogen) atoms. The van der Waals surface area contributed by atoms with Crippen molar-refractivity contribution in [3.8, 4) is 0 Å². The van der Waals surface area contributed by atoms with E-state index in [0.717, 1.165) is 23.9 Å². The summed E-state index contributed by atoms with van der Waals surface area (Å²) in [6, 6.07) is 3.46. The van der Waals surface area contributed by atoms with Crippen molar-refractivity contribution in [3.05, 3.63) is 33.9 Å². The van der Waals surface area contributed by atoms with Crippen LogP contribution in [0.3, 0.4) is 0 Å². The molecule has 0 fully saturated rings. The molecule has 7 nitrogen and oxygen atoms in total. The van der Waals surface area contributed by atoms with Gasteiger partial charge in [-0.05, 0) is 12.1 Å². The zero-order valence-corrected chi connectivity index (χ0v) is 9.14. The number of rotatable bonds is 5. The molecule has 0 saturated heterocycles. The molecule has 0 saturated carbocycles. The number of nitrogens with zero attached hydrogens (tertiary/aromatic N) is 1. The molecule has 1 rings (SSSR count). The standard InChI is InChI=1S/C9H7NO6S/c11-8(12)4-17-5-1-2-7(10(15)16)6(3-5)9(13)14/h1-3H,4H2,(H,11,12)(H,13,14). The van der Waals surface area contributed by atoms with Crippen LogP contribution >= 0.6 is 11.8 Å². The molecule has 0 aliphatic carbocycles. The maximum absolute atomic E-state index is 10.8. The molecule has 0 heterocycles. The summed E-state index contributed by atoms with van der Waals surface area (Å²) in [6.07, 6.45) is 0. The molecule has 0 aromatic heterocycles. The highest BCUT2D eigenvalue weighted by atomic mass is 32.2. The number of nitro benzene ring substituents is 1. The molecular weight excluding hydrogens is 250 g/mol. The van der Waals surface area contributed by atoms with Gasteiger partial charge in [-0.15, -0.1) is 11.8 Å². The third-order valence-corrected chi connectivity index (χ3v) is 2.74. The average molecular weight is 257 g/mol. The maximum Gasteiger partial charge on any atom is 0.342 e. The summed E-state index contributed by atoms with van der Waals surface area (Å²) in [5.74, 6) is -2.71. The first kappa shape index (κ1) is 13.0. The number of thioether (sulfide) groups is 1. The fourth-order valence-electron chi connectivity index (χ4n) is 1.08. The number of carboxylic acids is 2. The smallest absolute Gasteiger partial charge is 0.342 e. The summed E-state index contributed by atoms with van der Waals surface area (Å²) >= 11 is 0.895. The average Bonchev–Trinajstić information content (AvgIpc) is 2.25. The molecule has 0 unspecified atom stereocenters. The van der Waals surface area contributed by atoms with Crippen molar-refractivity contribution < 1.29 is 24.7 Å². The van der Waals surface area contributed by atoms with Gasteiger partial charge in [0.05, 0.1) is 10.7 Å². The quantitative estimate of drug-likeness (QED) is 0.465. The van der Waals surface area contributed by atoms with Gasteiger partial charge in [0.1, 0.15) is 5.56 Å². The summed E-state index contributed by atoms with van der Waals surface area (Å²) < 4.78 is 0. The lowest BCUT2D eigenvalue weighted by Crippen LogP contribution is -2.03. The van der Waals surface area contributed by atoms with Gasteiger partial charge in [0, 0.05) is 11.0 Å². The van der Waals surface area contributed by atoms with Gasteiger partial charge in [0.2, 0.25) is 0 Å². The molecule has 1 aromatic carbocycles. The SMILES string of the molecule is O=C(O)CSc1ccc([N+](=O)[O-])c(C(=O)O)c1. The van der Waals surface area contributed by atoms with Crippen molar-refractivity contribution in [2.45, 2.75) is 4.90 Å². The van der Waals surface area contributed by atoms with Crippen LogP contribution in [0.25, 0.3) is 0 Å². The fourth-order valence-corrected chi connectivity index (χ4v) is 1.74. The van der Waals surface area contributed by atoms with Gasteiger partial charge in [-0.3, -0.25) is 14.9 Å². The van der Waals surface area contributed by atoms with Crippen molar-refractivity contribution in [1.82, 2.24) is 0 Å². The first-order chi connectivity index (χ1) is 7.91. The minimum absolute atomic E-state index is 0.239. The van der Waals surface area contributed by atoms with Crippen LogP contribution in [0.15, 0.2) is 23.1 Å². The number of nitro groups is 1. The van der Waals surface area contributed by atoms with E-state index in [4.69, 9.17) is 10.2 Å². The summed E-state index contributed by atoms with van der Waals surface area (Å²) in [6.45, 7) is 0. The fraction of sp³-hybridized carbons (Fsp3) is 0.111. The molecule has 0 amide bonds. The van der Waals surface area contributed by atoms with Gasteiger partial charge in [-0.25, -0.2) is 4.79 Å². The second-order valence-electron chi connectivity index (χ2n) is 2.92. The van der Waals surface area contributed by atoms with E-state index >= 15 is 0 Å². The number of aromatic carboxylic acids is 1. The number of hydrogen-bond acceptors (Lipinski definition) is 5. The Balaban J connectivity index is 3.05. The van der Waals surface area contributed by atoms with E-state index in [-0.39, 0.29) is 5.75 Å². The molecule has 0 radical (unpaired) electrons. The van der Waals surface area contributed by atoms with Crippen molar-refractivity contribution in [2.24, 2.45) is 0 Å². The number of carboxylic acid groups (broad SMARTS) is 2. The molecule has 0 atom stereocenters. The van der Waals surface area contributed by atoms with Gasteiger partial charge >= 0.3 is 11.9 Å². The zero-order valence-electron chi connectivity index (χ0n) is 8.32. The number of carbonyl (C=O) groups is 2. The van der Waals surface area contributed by atoms with Crippen LogP contribution in [0.5, 0.6) is 0 Å². The maximum atomic E-state index is 10.8. The van der Waals surface area contributed by atoms with E-state index in [9.17, 15) is 19.7 Å². The van der Waals surface area contributed by atoms with Crippen LogP contribution in [-0.4, -0.2) is 32.8 Å². The summed E-state index contributed by atoms with van der Waals surface area (Å²) in [5, 5.41) is 27.8. The van der Waals surface area contributed by atoms with E-state index in [2.05, 4.69) is 0 Å². The Labute approximate surface area is 99.2 Å². The predicted octanol–water partition coefficient (Wildman–Crippen LogP) is 1.47. The Bertz CT molecular complexity index is 486. The summed E-state index contributed by atoms with van der Waals surface area (Å²) in [7, 11) is 0. The van der Waals surface area contributed by atoms with E-state index in [1.807, 2.05) is 0 Å². The normalized spacial score (nSPS) is 9.88. The largest absolute Gasteiger partial charge is 0.481 e. The second-order valence-corrected chi connectivity index (χ2v) is 3.97. The van der Waals surface area contributed by atoms with E-state index in [1.165, 1.54) is 6.07 Å². The Hall–Kier alpha value is -2.09. The van der Waals surface area contributed by atoms with Crippen LogP contribution in [0.2, 0.25) is 0 Å². The van der Waals surface area contributed by atoms with Gasteiger partial charge < -0.3 is 10.2 Å². The third-order valence-electron chi connectivity index (χ3n) is 1.76. The van der Waals surface area contributed by atoms with Crippen LogP contribution in [-0.2, 0) is 4.79 Å². The minimum atomic E-state index is -1.42.